The van der Waals surface area contributed by atoms with Crippen molar-refractivity contribution in [2.45, 2.75) is 56.4 Å². The van der Waals surface area contributed by atoms with E-state index in [2.05, 4.69) is 20.9 Å². The Morgan fingerprint density at radius 1 is 0.974 bits per heavy atom. The summed E-state index contributed by atoms with van der Waals surface area (Å²) in [4.78, 5) is 24.9. The highest BCUT2D eigenvalue weighted by molar-refractivity contribution is 7.89. The second-order valence-electron chi connectivity index (χ2n) is 11.2. The first-order chi connectivity index (χ1) is 18.2. The summed E-state index contributed by atoms with van der Waals surface area (Å²) in [5, 5.41) is 2.95. The number of methoxy groups -OCH3 is 1. The van der Waals surface area contributed by atoms with E-state index in [0.29, 0.717) is 5.75 Å². The Kier molecular flexibility index (Phi) is 7.37. The molecule has 0 aliphatic heterocycles. The molecule has 2 aromatic rings. The minimum atomic E-state index is -3.82. The first kappa shape index (κ1) is 26.5. The van der Waals surface area contributed by atoms with Gasteiger partial charge in [0.05, 0.1) is 18.6 Å². The van der Waals surface area contributed by atoms with E-state index in [0.717, 1.165) is 42.7 Å². The fourth-order valence-corrected chi connectivity index (χ4v) is 8.46. The molecule has 4 fully saturated rings. The number of sulfonamides is 1. The monoisotopic (exact) mass is 540 g/mol. The van der Waals surface area contributed by atoms with E-state index in [-0.39, 0.29) is 28.5 Å². The third-order valence-electron chi connectivity index (χ3n) is 8.60. The van der Waals surface area contributed by atoms with E-state index in [9.17, 15) is 18.0 Å². The largest absolute Gasteiger partial charge is 0.497 e. The molecule has 0 saturated heterocycles. The van der Waals surface area contributed by atoms with Crippen molar-refractivity contribution >= 4 is 27.5 Å². The molecule has 4 N–H and O–H groups in total. The van der Waals surface area contributed by atoms with Crippen LogP contribution in [-0.4, -0.2) is 39.9 Å². The Hall–Kier alpha value is -3.11. The minimum Gasteiger partial charge on any atom is -0.497 e. The van der Waals surface area contributed by atoms with Crippen molar-refractivity contribution in [3.8, 4) is 5.75 Å². The third kappa shape index (κ3) is 5.66. The predicted molar refractivity (Wildman–Crippen MR) is 144 cm³/mol. The van der Waals surface area contributed by atoms with Gasteiger partial charge < -0.3 is 10.1 Å². The molecule has 10 heteroatoms. The molecule has 4 saturated carbocycles. The number of amides is 2. The van der Waals surface area contributed by atoms with Gasteiger partial charge >= 0.3 is 0 Å². The van der Waals surface area contributed by atoms with Gasteiger partial charge in [-0.3, -0.25) is 20.4 Å². The van der Waals surface area contributed by atoms with Gasteiger partial charge in [0, 0.05) is 17.3 Å². The summed E-state index contributed by atoms with van der Waals surface area (Å²) in [6.07, 6.45) is 7.17. The lowest BCUT2D eigenvalue weighted by Crippen LogP contribution is -2.55. The van der Waals surface area contributed by atoms with E-state index >= 15 is 0 Å². The van der Waals surface area contributed by atoms with Gasteiger partial charge in [-0.05, 0) is 111 Å². The van der Waals surface area contributed by atoms with Crippen LogP contribution in [0.4, 0.5) is 5.69 Å². The minimum absolute atomic E-state index is 0.0287. The summed E-state index contributed by atoms with van der Waals surface area (Å²) in [6, 6.07) is 12.8. The molecule has 9 nitrogen and oxygen atoms in total. The van der Waals surface area contributed by atoms with Crippen LogP contribution in [-0.2, 0) is 14.8 Å². The maximum atomic E-state index is 13.3. The smallest absolute Gasteiger partial charge is 0.269 e. The molecule has 2 amide bonds. The summed E-state index contributed by atoms with van der Waals surface area (Å²) < 4.78 is 34.7. The van der Waals surface area contributed by atoms with E-state index in [1.165, 1.54) is 43.5 Å². The van der Waals surface area contributed by atoms with Gasteiger partial charge in [0.1, 0.15) is 5.75 Å². The van der Waals surface area contributed by atoms with Crippen LogP contribution in [0.25, 0.3) is 0 Å². The van der Waals surface area contributed by atoms with Crippen molar-refractivity contribution in [3.63, 3.8) is 0 Å². The van der Waals surface area contributed by atoms with E-state index < -0.39 is 21.8 Å². The number of hydrogen-bond donors (Lipinski definition) is 4. The Balaban J connectivity index is 1.16. The van der Waals surface area contributed by atoms with Crippen LogP contribution in [0.2, 0.25) is 0 Å². The fraction of sp³-hybridized carbons (Fsp3) is 0.500. The number of anilines is 1. The van der Waals surface area contributed by atoms with Crippen LogP contribution < -0.4 is 25.6 Å². The zero-order valence-electron chi connectivity index (χ0n) is 21.8. The molecule has 4 aliphatic rings. The second-order valence-corrected chi connectivity index (χ2v) is 12.9. The van der Waals surface area contributed by atoms with Gasteiger partial charge in [0.2, 0.25) is 10.0 Å². The summed E-state index contributed by atoms with van der Waals surface area (Å²) in [6.45, 7) is 1.93. The first-order valence-corrected chi connectivity index (χ1v) is 14.7. The van der Waals surface area contributed by atoms with Crippen LogP contribution >= 0.6 is 0 Å². The summed E-state index contributed by atoms with van der Waals surface area (Å²) in [5.74, 6) is 1.82. The van der Waals surface area contributed by atoms with Crippen LogP contribution in [0.3, 0.4) is 0 Å². The molecular formula is C28H36N4O5S. The molecule has 38 heavy (non-hydrogen) atoms. The maximum Gasteiger partial charge on any atom is 0.269 e. The summed E-state index contributed by atoms with van der Waals surface area (Å²) in [5.41, 5.74) is 5.58. The van der Waals surface area contributed by atoms with E-state index in [1.807, 2.05) is 6.92 Å². The molecular weight excluding hydrogens is 504 g/mol. The third-order valence-corrected chi connectivity index (χ3v) is 10.1. The average Bonchev–Trinajstić information content (AvgIpc) is 2.90. The van der Waals surface area contributed by atoms with E-state index in [4.69, 9.17) is 4.74 Å². The molecule has 0 unspecified atom stereocenters. The Morgan fingerprint density at radius 2 is 1.61 bits per heavy atom. The number of nitrogens with one attached hydrogen (secondary N) is 4. The number of hydrogen-bond acceptors (Lipinski definition) is 6. The lowest BCUT2D eigenvalue weighted by Gasteiger charge is -2.59. The summed E-state index contributed by atoms with van der Waals surface area (Å²) in [7, 11) is -2.25. The van der Waals surface area contributed by atoms with Crippen molar-refractivity contribution in [2.75, 3.05) is 19.0 Å². The zero-order chi connectivity index (χ0) is 26.9. The predicted octanol–water partition coefficient (Wildman–Crippen LogP) is 3.45. The normalized spacial score (nSPS) is 26.4. The molecule has 0 aromatic heterocycles. The van der Waals surface area contributed by atoms with Crippen molar-refractivity contribution in [1.82, 2.24) is 15.6 Å². The lowest BCUT2D eigenvalue weighted by atomic mass is 9.48. The molecule has 204 valence electrons. The Labute approximate surface area is 224 Å². The highest BCUT2D eigenvalue weighted by Gasteiger charge is 2.53. The van der Waals surface area contributed by atoms with Crippen LogP contribution in [0.1, 0.15) is 55.8 Å². The quantitative estimate of drug-likeness (QED) is 0.361. The number of rotatable bonds is 9. The fourth-order valence-electron chi connectivity index (χ4n) is 7.07. The van der Waals surface area contributed by atoms with Gasteiger partial charge in [0.15, 0.2) is 0 Å². The SMILES string of the molecule is COc1ccc(NCC(=O)NNC(=O)c2cccc(S(=O)(=O)N[C@@H](C)C34CC5CC(CC(C5)C3)C4)c2)cc1. The number of carbonyl (C=O) groups excluding carboxylic acids is 2. The van der Waals surface area contributed by atoms with Gasteiger partial charge in [0.25, 0.3) is 11.8 Å². The van der Waals surface area contributed by atoms with Gasteiger partial charge in [-0.2, -0.15) is 0 Å². The van der Waals surface area contributed by atoms with Crippen molar-refractivity contribution in [2.24, 2.45) is 23.2 Å². The number of benzene rings is 2. The molecule has 6 rings (SSSR count). The molecule has 1 atom stereocenters. The number of ether oxygens (including phenoxy) is 1. The molecule has 0 radical (unpaired) electrons. The highest BCUT2D eigenvalue weighted by atomic mass is 32.2. The van der Waals surface area contributed by atoms with Crippen LogP contribution in [0, 0.1) is 23.2 Å². The Bertz CT molecular complexity index is 1260. The van der Waals surface area contributed by atoms with Crippen molar-refractivity contribution in [3.05, 3.63) is 54.1 Å². The van der Waals surface area contributed by atoms with Crippen molar-refractivity contribution in [1.29, 1.82) is 0 Å². The molecule has 4 aliphatic carbocycles. The maximum absolute atomic E-state index is 13.3. The molecule has 0 spiro atoms. The van der Waals surface area contributed by atoms with Crippen LogP contribution in [0.5, 0.6) is 5.75 Å². The first-order valence-electron chi connectivity index (χ1n) is 13.3. The second kappa shape index (κ2) is 10.6. The highest BCUT2D eigenvalue weighted by Crippen LogP contribution is 2.61. The van der Waals surface area contributed by atoms with Gasteiger partial charge in [-0.1, -0.05) is 6.07 Å². The van der Waals surface area contributed by atoms with E-state index in [1.54, 1.807) is 31.4 Å². The molecule has 4 bridgehead atoms. The van der Waals surface area contributed by atoms with Gasteiger partial charge in [-0.25, -0.2) is 13.1 Å². The summed E-state index contributed by atoms with van der Waals surface area (Å²) >= 11 is 0. The zero-order valence-corrected chi connectivity index (χ0v) is 22.6. The lowest BCUT2D eigenvalue weighted by molar-refractivity contribution is -0.120. The average molecular weight is 541 g/mol. The topological polar surface area (TPSA) is 126 Å². The van der Waals surface area contributed by atoms with Crippen molar-refractivity contribution < 1.29 is 22.7 Å². The Morgan fingerprint density at radius 3 is 2.21 bits per heavy atom. The number of hydrazine groups is 1. The van der Waals surface area contributed by atoms with Crippen LogP contribution in [0.15, 0.2) is 53.4 Å². The van der Waals surface area contributed by atoms with Gasteiger partial charge in [-0.15, -0.1) is 0 Å². The molecule has 0 heterocycles. The standard InChI is InChI=1S/C28H36N4O5S/c1-18(28-14-19-10-20(15-28)12-21(11-19)16-28)32-38(35,36)25-5-3-4-22(13-25)27(34)31-30-26(33)17-29-23-6-8-24(37-2)9-7-23/h3-9,13,18-21,29,32H,10-12,14-17H2,1-2H3,(H,30,33)(H,31,34)/t18-,19?,20?,21?,28?/m0/s1. The number of carbonyl (C=O) groups is 2. The molecule has 2 aromatic carbocycles.